The van der Waals surface area contributed by atoms with E-state index in [2.05, 4.69) is 17.0 Å². The lowest BCUT2D eigenvalue weighted by Crippen LogP contribution is -2.47. The molecule has 5 heteroatoms. The molecule has 1 fully saturated rings. The van der Waals surface area contributed by atoms with Crippen LogP contribution in [0.3, 0.4) is 0 Å². The summed E-state index contributed by atoms with van der Waals surface area (Å²) in [6.07, 6.45) is 2.32. The fourth-order valence-corrected chi connectivity index (χ4v) is 4.05. The van der Waals surface area contributed by atoms with Gasteiger partial charge in [0.15, 0.2) is 0 Å². The van der Waals surface area contributed by atoms with Gasteiger partial charge < -0.3 is 5.32 Å². The predicted octanol–water partition coefficient (Wildman–Crippen LogP) is 1.97. The van der Waals surface area contributed by atoms with Crippen LogP contribution in [0.5, 0.6) is 0 Å². The molecule has 1 heterocycles. The summed E-state index contributed by atoms with van der Waals surface area (Å²) in [5.74, 6) is 0.505. The van der Waals surface area contributed by atoms with E-state index in [9.17, 15) is 8.42 Å². The number of benzene rings is 1. The molecule has 0 bridgehead atoms. The summed E-state index contributed by atoms with van der Waals surface area (Å²) in [6.45, 7) is 7.33. The van der Waals surface area contributed by atoms with Crippen molar-refractivity contribution in [2.45, 2.75) is 44.6 Å². The molecule has 0 amide bonds. The van der Waals surface area contributed by atoms with Gasteiger partial charge in [0.1, 0.15) is 0 Å². The number of rotatable bonds is 4. The largest absolute Gasteiger partial charge is 0.312 e. The van der Waals surface area contributed by atoms with E-state index in [1.807, 2.05) is 26.0 Å². The third-order valence-corrected chi connectivity index (χ3v) is 5.62. The van der Waals surface area contributed by atoms with Gasteiger partial charge in [-0.1, -0.05) is 19.1 Å². The number of hydrogen-bond donors (Lipinski definition) is 2. The monoisotopic (exact) mass is 296 g/mol. The molecule has 2 unspecified atom stereocenters. The Bertz CT molecular complexity index is 569. The molecule has 112 valence electrons. The van der Waals surface area contributed by atoms with E-state index in [4.69, 9.17) is 0 Å². The summed E-state index contributed by atoms with van der Waals surface area (Å²) in [5.41, 5.74) is 1.74. The van der Waals surface area contributed by atoms with Crippen molar-refractivity contribution in [1.29, 1.82) is 0 Å². The minimum atomic E-state index is -3.43. The average molecular weight is 296 g/mol. The van der Waals surface area contributed by atoms with Crippen LogP contribution < -0.4 is 10.0 Å². The van der Waals surface area contributed by atoms with Gasteiger partial charge in [-0.05, 0) is 56.3 Å². The molecule has 0 spiro atoms. The van der Waals surface area contributed by atoms with Crippen LogP contribution in [0.25, 0.3) is 0 Å². The molecule has 2 atom stereocenters. The summed E-state index contributed by atoms with van der Waals surface area (Å²) in [4.78, 5) is 0.390. The molecule has 1 aliphatic rings. The minimum absolute atomic E-state index is 0.226. The first-order chi connectivity index (χ1) is 9.40. The van der Waals surface area contributed by atoms with Crippen molar-refractivity contribution >= 4 is 10.0 Å². The Kier molecular flexibility index (Phi) is 4.83. The topological polar surface area (TPSA) is 58.2 Å². The van der Waals surface area contributed by atoms with Crippen LogP contribution in [0.2, 0.25) is 0 Å². The second-order valence-electron chi connectivity index (χ2n) is 5.80. The highest BCUT2D eigenvalue weighted by Crippen LogP contribution is 2.18. The second kappa shape index (κ2) is 6.24. The predicted molar refractivity (Wildman–Crippen MR) is 81.3 cm³/mol. The summed E-state index contributed by atoms with van der Waals surface area (Å²) in [6, 6.07) is 5.74. The average Bonchev–Trinajstić information content (AvgIpc) is 2.40. The standard InChI is InChI=1S/C15H24N2O2S/c1-11-6-7-13(3)15(9-11)20(18,19)17-10-14-12(2)5-4-8-16-14/h6-7,9,12,14,16-17H,4-5,8,10H2,1-3H3. The molecular weight excluding hydrogens is 272 g/mol. The fraction of sp³-hybridized carbons (Fsp3) is 0.600. The molecule has 1 aromatic carbocycles. The maximum atomic E-state index is 12.4. The fourth-order valence-electron chi connectivity index (χ4n) is 2.66. The Morgan fingerprint density at radius 3 is 2.80 bits per heavy atom. The molecule has 4 nitrogen and oxygen atoms in total. The van der Waals surface area contributed by atoms with Crippen LogP contribution in [0.1, 0.15) is 30.9 Å². The Balaban J connectivity index is 2.09. The van der Waals surface area contributed by atoms with Crippen molar-refractivity contribution < 1.29 is 8.42 Å². The van der Waals surface area contributed by atoms with Gasteiger partial charge in [0, 0.05) is 12.6 Å². The number of aryl methyl sites for hydroxylation is 2. The molecule has 20 heavy (non-hydrogen) atoms. The summed E-state index contributed by atoms with van der Waals surface area (Å²) < 4.78 is 27.6. The third-order valence-electron chi connectivity index (χ3n) is 4.06. The van der Waals surface area contributed by atoms with Crippen molar-refractivity contribution in [2.24, 2.45) is 5.92 Å². The number of piperidine rings is 1. The van der Waals surface area contributed by atoms with Gasteiger partial charge in [0.25, 0.3) is 0 Å². The normalized spacial score (nSPS) is 23.8. The van der Waals surface area contributed by atoms with Crippen LogP contribution in [0.4, 0.5) is 0 Å². The van der Waals surface area contributed by atoms with E-state index in [0.717, 1.165) is 24.1 Å². The molecule has 0 radical (unpaired) electrons. The van der Waals surface area contributed by atoms with Gasteiger partial charge in [-0.2, -0.15) is 0 Å². The Morgan fingerprint density at radius 1 is 1.35 bits per heavy atom. The van der Waals surface area contributed by atoms with Crippen LogP contribution in [-0.4, -0.2) is 27.5 Å². The van der Waals surface area contributed by atoms with E-state index in [1.54, 1.807) is 6.07 Å². The van der Waals surface area contributed by atoms with Crippen molar-refractivity contribution in [3.8, 4) is 0 Å². The van der Waals surface area contributed by atoms with Gasteiger partial charge in [-0.15, -0.1) is 0 Å². The van der Waals surface area contributed by atoms with Gasteiger partial charge in [0.2, 0.25) is 10.0 Å². The van der Waals surface area contributed by atoms with Gasteiger partial charge in [-0.3, -0.25) is 0 Å². The number of sulfonamides is 1. The first kappa shape index (κ1) is 15.5. The highest BCUT2D eigenvalue weighted by Gasteiger charge is 2.24. The molecule has 1 aromatic rings. The molecule has 0 saturated carbocycles. The molecular formula is C15H24N2O2S. The Morgan fingerprint density at radius 2 is 2.10 bits per heavy atom. The number of nitrogens with one attached hydrogen (secondary N) is 2. The van der Waals surface area contributed by atoms with Gasteiger partial charge in [0.05, 0.1) is 4.90 Å². The molecule has 2 rings (SSSR count). The first-order valence-corrected chi connectivity index (χ1v) is 8.69. The Labute approximate surface area is 122 Å². The minimum Gasteiger partial charge on any atom is -0.312 e. The quantitative estimate of drug-likeness (QED) is 0.893. The number of hydrogen-bond acceptors (Lipinski definition) is 3. The van der Waals surface area contributed by atoms with E-state index >= 15 is 0 Å². The highest BCUT2D eigenvalue weighted by atomic mass is 32.2. The van der Waals surface area contributed by atoms with Gasteiger partial charge in [-0.25, -0.2) is 13.1 Å². The maximum Gasteiger partial charge on any atom is 0.240 e. The Hall–Kier alpha value is -0.910. The molecule has 1 saturated heterocycles. The zero-order chi connectivity index (χ0) is 14.8. The SMILES string of the molecule is Cc1ccc(C)c(S(=O)(=O)NCC2NCCCC2C)c1. The lowest BCUT2D eigenvalue weighted by atomic mass is 9.93. The van der Waals surface area contributed by atoms with E-state index in [1.165, 1.54) is 6.42 Å². The van der Waals surface area contributed by atoms with Crippen molar-refractivity contribution in [3.63, 3.8) is 0 Å². The molecule has 0 aliphatic carbocycles. The summed E-state index contributed by atoms with van der Waals surface area (Å²) in [5, 5.41) is 3.39. The van der Waals surface area contributed by atoms with Crippen molar-refractivity contribution in [3.05, 3.63) is 29.3 Å². The van der Waals surface area contributed by atoms with E-state index in [-0.39, 0.29) is 6.04 Å². The second-order valence-corrected chi connectivity index (χ2v) is 7.54. The van der Waals surface area contributed by atoms with E-state index in [0.29, 0.717) is 17.4 Å². The van der Waals surface area contributed by atoms with Gasteiger partial charge >= 0.3 is 0 Å². The zero-order valence-corrected chi connectivity index (χ0v) is 13.3. The lowest BCUT2D eigenvalue weighted by molar-refractivity contribution is 0.300. The maximum absolute atomic E-state index is 12.4. The highest BCUT2D eigenvalue weighted by molar-refractivity contribution is 7.89. The van der Waals surface area contributed by atoms with Crippen LogP contribution in [0, 0.1) is 19.8 Å². The van der Waals surface area contributed by atoms with E-state index < -0.39 is 10.0 Å². The summed E-state index contributed by atoms with van der Waals surface area (Å²) in [7, 11) is -3.43. The molecule has 1 aliphatic heterocycles. The zero-order valence-electron chi connectivity index (χ0n) is 12.4. The van der Waals surface area contributed by atoms with Crippen LogP contribution >= 0.6 is 0 Å². The first-order valence-electron chi connectivity index (χ1n) is 7.20. The van der Waals surface area contributed by atoms with Crippen LogP contribution in [0.15, 0.2) is 23.1 Å². The molecule has 0 aromatic heterocycles. The van der Waals surface area contributed by atoms with Crippen LogP contribution in [-0.2, 0) is 10.0 Å². The van der Waals surface area contributed by atoms with Crippen molar-refractivity contribution in [1.82, 2.24) is 10.0 Å². The molecule has 2 N–H and O–H groups in total. The van der Waals surface area contributed by atoms with Crippen molar-refractivity contribution in [2.75, 3.05) is 13.1 Å². The summed E-state index contributed by atoms with van der Waals surface area (Å²) >= 11 is 0. The lowest BCUT2D eigenvalue weighted by Gasteiger charge is -2.30. The third kappa shape index (κ3) is 3.59. The smallest absolute Gasteiger partial charge is 0.240 e.